The average molecular weight is 190 g/mol. The third kappa shape index (κ3) is 1.42. The summed E-state index contributed by atoms with van der Waals surface area (Å²) in [7, 11) is 0. The van der Waals surface area contributed by atoms with Crippen LogP contribution in [-0.4, -0.2) is 20.2 Å². The summed E-state index contributed by atoms with van der Waals surface area (Å²) < 4.78 is 1.85. The molecule has 0 unspecified atom stereocenters. The van der Waals surface area contributed by atoms with Crippen LogP contribution in [0.1, 0.15) is 31.1 Å². The first kappa shape index (κ1) is 9.41. The summed E-state index contributed by atoms with van der Waals surface area (Å²) in [6.07, 6.45) is 3.67. The van der Waals surface area contributed by atoms with E-state index in [1.807, 2.05) is 4.68 Å². The zero-order valence-corrected chi connectivity index (χ0v) is 7.50. The van der Waals surface area contributed by atoms with E-state index in [0.717, 1.165) is 5.82 Å². The SMILES string of the molecule is Cl.NCc1nnnn1C1CCC1. The molecule has 2 N–H and O–H groups in total. The van der Waals surface area contributed by atoms with Crippen LogP contribution in [0.4, 0.5) is 0 Å². The van der Waals surface area contributed by atoms with E-state index in [2.05, 4.69) is 15.5 Å². The van der Waals surface area contributed by atoms with Gasteiger partial charge in [-0.25, -0.2) is 4.68 Å². The maximum Gasteiger partial charge on any atom is 0.165 e. The van der Waals surface area contributed by atoms with Gasteiger partial charge in [0.15, 0.2) is 5.82 Å². The molecule has 12 heavy (non-hydrogen) atoms. The fourth-order valence-electron chi connectivity index (χ4n) is 1.26. The predicted octanol–water partition coefficient (Wildman–Crippen LogP) is 0.279. The van der Waals surface area contributed by atoms with Crippen LogP contribution < -0.4 is 5.73 Å². The normalized spacial score (nSPS) is 16.8. The molecule has 68 valence electrons. The number of tetrazole rings is 1. The van der Waals surface area contributed by atoms with Crippen molar-refractivity contribution in [2.75, 3.05) is 0 Å². The van der Waals surface area contributed by atoms with Gasteiger partial charge in [-0.05, 0) is 29.7 Å². The van der Waals surface area contributed by atoms with Gasteiger partial charge in [-0.2, -0.15) is 0 Å². The molecule has 0 radical (unpaired) electrons. The Morgan fingerprint density at radius 3 is 2.75 bits per heavy atom. The van der Waals surface area contributed by atoms with E-state index in [1.54, 1.807) is 0 Å². The van der Waals surface area contributed by atoms with Crippen molar-refractivity contribution in [3.63, 3.8) is 0 Å². The fourth-order valence-corrected chi connectivity index (χ4v) is 1.26. The van der Waals surface area contributed by atoms with E-state index in [4.69, 9.17) is 5.73 Å². The number of hydrogen-bond acceptors (Lipinski definition) is 4. The average Bonchev–Trinajstić information content (AvgIpc) is 2.32. The molecular formula is C6H12ClN5. The minimum absolute atomic E-state index is 0. The molecule has 6 heteroatoms. The molecule has 1 aromatic rings. The quantitative estimate of drug-likeness (QED) is 0.726. The maximum absolute atomic E-state index is 5.45. The van der Waals surface area contributed by atoms with Gasteiger partial charge >= 0.3 is 0 Å². The first-order chi connectivity index (χ1) is 5.42. The number of aromatic nitrogens is 4. The van der Waals surface area contributed by atoms with E-state index < -0.39 is 0 Å². The number of nitrogens with two attached hydrogens (primary N) is 1. The van der Waals surface area contributed by atoms with Crippen LogP contribution in [0.3, 0.4) is 0 Å². The van der Waals surface area contributed by atoms with E-state index in [-0.39, 0.29) is 12.4 Å². The molecule has 0 aromatic carbocycles. The third-order valence-electron chi connectivity index (χ3n) is 2.16. The number of nitrogens with zero attached hydrogens (tertiary/aromatic N) is 4. The van der Waals surface area contributed by atoms with Crippen molar-refractivity contribution < 1.29 is 0 Å². The number of hydrogen-bond donors (Lipinski definition) is 1. The first-order valence-electron chi connectivity index (χ1n) is 3.88. The van der Waals surface area contributed by atoms with Crippen molar-refractivity contribution >= 4 is 12.4 Å². The smallest absolute Gasteiger partial charge is 0.165 e. The van der Waals surface area contributed by atoms with Crippen molar-refractivity contribution in [2.24, 2.45) is 5.73 Å². The van der Waals surface area contributed by atoms with Crippen molar-refractivity contribution in [3.8, 4) is 0 Å². The summed E-state index contributed by atoms with van der Waals surface area (Å²) in [6.45, 7) is 0.434. The molecule has 1 aliphatic rings. The van der Waals surface area contributed by atoms with Gasteiger partial charge in [-0.1, -0.05) is 0 Å². The highest BCUT2D eigenvalue weighted by atomic mass is 35.5. The maximum atomic E-state index is 5.45. The van der Waals surface area contributed by atoms with Crippen LogP contribution in [0.5, 0.6) is 0 Å². The lowest BCUT2D eigenvalue weighted by molar-refractivity contribution is 0.277. The van der Waals surface area contributed by atoms with E-state index in [9.17, 15) is 0 Å². The largest absolute Gasteiger partial charge is 0.324 e. The molecule has 0 saturated heterocycles. The molecule has 1 aromatic heterocycles. The fraction of sp³-hybridized carbons (Fsp3) is 0.833. The van der Waals surface area contributed by atoms with Crippen LogP contribution in [0, 0.1) is 0 Å². The molecule has 1 heterocycles. The van der Waals surface area contributed by atoms with Gasteiger partial charge in [0.1, 0.15) is 0 Å². The lowest BCUT2D eigenvalue weighted by Gasteiger charge is -2.25. The van der Waals surface area contributed by atoms with Gasteiger partial charge in [0.05, 0.1) is 12.6 Å². The lowest BCUT2D eigenvalue weighted by atomic mass is 9.93. The molecule has 0 spiro atoms. The second-order valence-corrected chi connectivity index (χ2v) is 2.83. The Labute approximate surface area is 76.7 Å². The summed E-state index contributed by atoms with van der Waals surface area (Å²) in [5.41, 5.74) is 5.45. The number of halogens is 1. The van der Waals surface area contributed by atoms with Crippen molar-refractivity contribution in [3.05, 3.63) is 5.82 Å². The minimum atomic E-state index is 0. The van der Waals surface area contributed by atoms with Gasteiger partial charge < -0.3 is 5.73 Å². The van der Waals surface area contributed by atoms with E-state index in [0.29, 0.717) is 12.6 Å². The van der Waals surface area contributed by atoms with Gasteiger partial charge in [-0.15, -0.1) is 17.5 Å². The van der Waals surface area contributed by atoms with Crippen LogP contribution in [0.15, 0.2) is 0 Å². The van der Waals surface area contributed by atoms with E-state index in [1.165, 1.54) is 19.3 Å². The molecule has 0 bridgehead atoms. The Morgan fingerprint density at radius 2 is 2.25 bits per heavy atom. The van der Waals surface area contributed by atoms with Crippen LogP contribution in [0.25, 0.3) is 0 Å². The second kappa shape index (κ2) is 3.82. The zero-order chi connectivity index (χ0) is 7.68. The monoisotopic (exact) mass is 189 g/mol. The molecule has 0 amide bonds. The summed E-state index contributed by atoms with van der Waals surface area (Å²) in [5.74, 6) is 0.801. The molecular weight excluding hydrogens is 178 g/mol. The third-order valence-corrected chi connectivity index (χ3v) is 2.16. The minimum Gasteiger partial charge on any atom is -0.324 e. The predicted molar refractivity (Wildman–Crippen MR) is 45.8 cm³/mol. The topological polar surface area (TPSA) is 69.6 Å². The second-order valence-electron chi connectivity index (χ2n) is 2.83. The zero-order valence-electron chi connectivity index (χ0n) is 6.68. The van der Waals surface area contributed by atoms with Crippen molar-refractivity contribution in [1.29, 1.82) is 0 Å². The van der Waals surface area contributed by atoms with Gasteiger partial charge in [0.25, 0.3) is 0 Å². The van der Waals surface area contributed by atoms with Crippen LogP contribution in [0.2, 0.25) is 0 Å². The molecule has 0 aliphatic heterocycles. The summed E-state index contributed by atoms with van der Waals surface area (Å²) >= 11 is 0. The standard InChI is InChI=1S/C6H11N5.ClH/c7-4-6-8-9-10-11(6)5-2-1-3-5;/h5H,1-4,7H2;1H. The van der Waals surface area contributed by atoms with E-state index >= 15 is 0 Å². The molecule has 1 fully saturated rings. The van der Waals surface area contributed by atoms with Crippen LogP contribution >= 0.6 is 12.4 Å². The summed E-state index contributed by atoms with van der Waals surface area (Å²) in [6, 6.07) is 0.517. The van der Waals surface area contributed by atoms with Gasteiger partial charge in [0, 0.05) is 0 Å². The Hall–Kier alpha value is -0.680. The Kier molecular flexibility index (Phi) is 2.99. The molecule has 2 rings (SSSR count). The Bertz CT molecular complexity index is 244. The van der Waals surface area contributed by atoms with Crippen LogP contribution in [-0.2, 0) is 6.54 Å². The lowest BCUT2D eigenvalue weighted by Crippen LogP contribution is -2.21. The summed E-state index contributed by atoms with van der Waals surface area (Å²) in [4.78, 5) is 0. The highest BCUT2D eigenvalue weighted by Crippen LogP contribution is 2.30. The molecule has 0 atom stereocenters. The molecule has 5 nitrogen and oxygen atoms in total. The molecule has 1 aliphatic carbocycles. The van der Waals surface area contributed by atoms with Gasteiger partial charge in [-0.3, -0.25) is 0 Å². The highest BCUT2D eigenvalue weighted by molar-refractivity contribution is 5.85. The highest BCUT2D eigenvalue weighted by Gasteiger charge is 2.22. The van der Waals surface area contributed by atoms with Gasteiger partial charge in [0.2, 0.25) is 0 Å². The molecule has 1 saturated carbocycles. The van der Waals surface area contributed by atoms with Crippen molar-refractivity contribution in [2.45, 2.75) is 31.8 Å². The number of rotatable bonds is 2. The Morgan fingerprint density at radius 1 is 1.50 bits per heavy atom. The summed E-state index contributed by atoms with van der Waals surface area (Å²) in [5, 5.41) is 11.3. The first-order valence-corrected chi connectivity index (χ1v) is 3.88. The van der Waals surface area contributed by atoms with Crippen molar-refractivity contribution in [1.82, 2.24) is 20.2 Å². The Balaban J connectivity index is 0.000000720.